The number of anilines is 1. The molecule has 4 heteroatoms. The Bertz CT molecular complexity index is 327. The molecule has 0 aliphatic heterocycles. The van der Waals surface area contributed by atoms with Crippen LogP contribution in [0.4, 0.5) is 5.69 Å². The van der Waals surface area contributed by atoms with Crippen molar-refractivity contribution in [2.45, 2.75) is 6.92 Å². The molecule has 0 fully saturated rings. The van der Waals surface area contributed by atoms with Gasteiger partial charge in [-0.1, -0.05) is 40.3 Å². The van der Waals surface area contributed by atoms with E-state index in [4.69, 9.17) is 11.6 Å². The topological polar surface area (TPSA) is 29.1 Å². The first kappa shape index (κ1) is 10.8. The summed E-state index contributed by atoms with van der Waals surface area (Å²) in [6, 6.07) is 5.43. The summed E-state index contributed by atoms with van der Waals surface area (Å²) in [5.74, 6) is -0.00836. The number of benzene rings is 1. The summed E-state index contributed by atoms with van der Waals surface area (Å²) in [6.45, 7) is 1.93. The highest BCUT2D eigenvalue weighted by molar-refractivity contribution is 14.1. The van der Waals surface area contributed by atoms with E-state index in [2.05, 4.69) is 5.32 Å². The van der Waals surface area contributed by atoms with Crippen LogP contribution in [-0.2, 0) is 4.79 Å². The second-order valence-corrected chi connectivity index (χ2v) is 3.84. The fourth-order valence-corrected chi connectivity index (χ4v) is 1.28. The number of amides is 1. The van der Waals surface area contributed by atoms with Crippen LogP contribution in [0.25, 0.3) is 0 Å². The summed E-state index contributed by atoms with van der Waals surface area (Å²) >= 11 is 7.81. The van der Waals surface area contributed by atoms with E-state index in [0.717, 1.165) is 11.3 Å². The van der Waals surface area contributed by atoms with Crippen molar-refractivity contribution in [1.29, 1.82) is 0 Å². The fourth-order valence-electron chi connectivity index (χ4n) is 0.913. The summed E-state index contributed by atoms with van der Waals surface area (Å²) in [5.41, 5.74) is 1.80. The SMILES string of the molecule is Cc1ccc(Cl)cc1NC(=O)CI. The molecule has 1 rings (SSSR count). The molecule has 0 unspecified atom stereocenters. The number of carbonyl (C=O) groups is 1. The molecule has 0 bridgehead atoms. The molecule has 70 valence electrons. The number of aryl methyl sites for hydroxylation is 1. The molecule has 0 saturated heterocycles. The molecular formula is C9H9ClINO. The van der Waals surface area contributed by atoms with Crippen LogP contribution in [0.3, 0.4) is 0 Å². The van der Waals surface area contributed by atoms with E-state index >= 15 is 0 Å². The van der Waals surface area contributed by atoms with E-state index in [-0.39, 0.29) is 5.91 Å². The van der Waals surface area contributed by atoms with Crippen LogP contribution >= 0.6 is 34.2 Å². The van der Waals surface area contributed by atoms with Gasteiger partial charge in [0.2, 0.25) is 5.91 Å². The van der Waals surface area contributed by atoms with Gasteiger partial charge in [-0.25, -0.2) is 0 Å². The largest absolute Gasteiger partial charge is 0.325 e. The van der Waals surface area contributed by atoms with Crippen LogP contribution in [-0.4, -0.2) is 10.3 Å². The molecule has 1 amide bonds. The zero-order valence-electron chi connectivity index (χ0n) is 7.10. The van der Waals surface area contributed by atoms with Gasteiger partial charge in [0.25, 0.3) is 0 Å². The highest BCUT2D eigenvalue weighted by atomic mass is 127. The molecule has 1 N–H and O–H groups in total. The third-order valence-corrected chi connectivity index (χ3v) is 2.52. The standard InChI is InChI=1S/C9H9ClINO/c1-6-2-3-7(10)4-8(6)12-9(13)5-11/h2-4H,5H2,1H3,(H,12,13). The smallest absolute Gasteiger partial charge is 0.234 e. The van der Waals surface area contributed by atoms with Gasteiger partial charge in [0, 0.05) is 10.7 Å². The number of carbonyl (C=O) groups excluding carboxylic acids is 1. The van der Waals surface area contributed by atoms with Gasteiger partial charge in [-0.2, -0.15) is 0 Å². The Morgan fingerprint density at radius 1 is 1.62 bits per heavy atom. The van der Waals surface area contributed by atoms with Gasteiger partial charge in [0.1, 0.15) is 0 Å². The molecule has 0 aromatic heterocycles. The van der Waals surface area contributed by atoms with Gasteiger partial charge in [-0.3, -0.25) is 4.79 Å². The number of nitrogens with one attached hydrogen (secondary N) is 1. The molecule has 0 spiro atoms. The van der Waals surface area contributed by atoms with E-state index in [1.54, 1.807) is 12.1 Å². The van der Waals surface area contributed by atoms with Crippen molar-refractivity contribution >= 4 is 45.8 Å². The van der Waals surface area contributed by atoms with Crippen LogP contribution in [0.5, 0.6) is 0 Å². The Hall–Kier alpha value is -0.290. The minimum absolute atomic E-state index is 0.00836. The summed E-state index contributed by atoms with van der Waals surface area (Å²) in [7, 11) is 0. The Labute approximate surface area is 95.8 Å². The lowest BCUT2D eigenvalue weighted by Crippen LogP contribution is -2.12. The maximum atomic E-state index is 11.1. The second-order valence-electron chi connectivity index (χ2n) is 2.64. The van der Waals surface area contributed by atoms with Crippen molar-refractivity contribution in [3.8, 4) is 0 Å². The Morgan fingerprint density at radius 2 is 2.31 bits per heavy atom. The second kappa shape index (κ2) is 4.81. The first-order chi connectivity index (χ1) is 6.13. The number of rotatable bonds is 2. The van der Waals surface area contributed by atoms with Crippen molar-refractivity contribution in [1.82, 2.24) is 0 Å². The van der Waals surface area contributed by atoms with E-state index < -0.39 is 0 Å². The first-order valence-corrected chi connectivity index (χ1v) is 5.66. The summed E-state index contributed by atoms with van der Waals surface area (Å²) in [4.78, 5) is 11.1. The Morgan fingerprint density at radius 3 is 2.92 bits per heavy atom. The maximum absolute atomic E-state index is 11.1. The molecule has 13 heavy (non-hydrogen) atoms. The quantitative estimate of drug-likeness (QED) is 0.660. The van der Waals surface area contributed by atoms with Crippen molar-refractivity contribution in [2.75, 3.05) is 9.74 Å². The zero-order valence-corrected chi connectivity index (χ0v) is 10.0. The average Bonchev–Trinajstić information content (AvgIpc) is 2.11. The molecule has 0 radical (unpaired) electrons. The zero-order chi connectivity index (χ0) is 9.84. The number of alkyl halides is 1. The lowest BCUT2D eigenvalue weighted by atomic mass is 10.2. The summed E-state index contributed by atoms with van der Waals surface area (Å²) in [6.07, 6.45) is 0. The molecular weight excluding hydrogens is 300 g/mol. The first-order valence-electron chi connectivity index (χ1n) is 3.75. The minimum Gasteiger partial charge on any atom is -0.325 e. The van der Waals surface area contributed by atoms with Crippen LogP contribution in [0, 0.1) is 6.92 Å². The highest BCUT2D eigenvalue weighted by Crippen LogP contribution is 2.19. The highest BCUT2D eigenvalue weighted by Gasteiger charge is 2.02. The minimum atomic E-state index is -0.00836. The fraction of sp³-hybridized carbons (Fsp3) is 0.222. The average molecular weight is 310 g/mol. The molecule has 1 aromatic carbocycles. The van der Waals surface area contributed by atoms with Crippen molar-refractivity contribution in [3.63, 3.8) is 0 Å². The predicted molar refractivity (Wildman–Crippen MR) is 63.7 cm³/mol. The molecule has 0 saturated carbocycles. The van der Waals surface area contributed by atoms with Gasteiger partial charge >= 0.3 is 0 Å². The molecule has 0 atom stereocenters. The number of halogens is 2. The lowest BCUT2D eigenvalue weighted by Gasteiger charge is -2.06. The predicted octanol–water partition coefficient (Wildman–Crippen LogP) is 3.02. The Kier molecular flexibility index (Phi) is 3.99. The van der Waals surface area contributed by atoms with E-state index in [1.807, 2.05) is 35.6 Å². The number of hydrogen-bond acceptors (Lipinski definition) is 1. The normalized spacial score (nSPS) is 9.77. The summed E-state index contributed by atoms with van der Waals surface area (Å²) < 4.78 is 0.448. The number of hydrogen-bond donors (Lipinski definition) is 1. The third kappa shape index (κ3) is 3.15. The van der Waals surface area contributed by atoms with Crippen molar-refractivity contribution in [2.24, 2.45) is 0 Å². The molecule has 0 heterocycles. The lowest BCUT2D eigenvalue weighted by molar-refractivity contribution is -0.113. The Balaban J connectivity index is 2.87. The van der Waals surface area contributed by atoms with Gasteiger partial charge < -0.3 is 5.32 Å². The maximum Gasteiger partial charge on any atom is 0.234 e. The van der Waals surface area contributed by atoms with Crippen LogP contribution in [0.15, 0.2) is 18.2 Å². The van der Waals surface area contributed by atoms with Crippen LogP contribution in [0.1, 0.15) is 5.56 Å². The van der Waals surface area contributed by atoms with Gasteiger partial charge in [0.15, 0.2) is 0 Å². The van der Waals surface area contributed by atoms with E-state index in [9.17, 15) is 4.79 Å². The van der Waals surface area contributed by atoms with E-state index in [0.29, 0.717) is 9.45 Å². The van der Waals surface area contributed by atoms with Gasteiger partial charge in [0.05, 0.1) is 4.43 Å². The van der Waals surface area contributed by atoms with Crippen molar-refractivity contribution < 1.29 is 4.79 Å². The third-order valence-electron chi connectivity index (χ3n) is 1.60. The van der Waals surface area contributed by atoms with Crippen LogP contribution in [0.2, 0.25) is 5.02 Å². The molecule has 0 aliphatic carbocycles. The van der Waals surface area contributed by atoms with Gasteiger partial charge in [-0.15, -0.1) is 0 Å². The van der Waals surface area contributed by atoms with Gasteiger partial charge in [-0.05, 0) is 24.6 Å². The van der Waals surface area contributed by atoms with E-state index in [1.165, 1.54) is 0 Å². The van der Waals surface area contributed by atoms with Crippen molar-refractivity contribution in [3.05, 3.63) is 28.8 Å². The van der Waals surface area contributed by atoms with Crippen LogP contribution < -0.4 is 5.32 Å². The monoisotopic (exact) mass is 309 g/mol. The molecule has 2 nitrogen and oxygen atoms in total. The summed E-state index contributed by atoms with van der Waals surface area (Å²) in [5, 5.41) is 3.40. The molecule has 1 aromatic rings. The molecule has 0 aliphatic rings.